The van der Waals surface area contributed by atoms with Crippen LogP contribution in [0.15, 0.2) is 47.2 Å². The second kappa shape index (κ2) is 6.51. The highest BCUT2D eigenvalue weighted by molar-refractivity contribution is 9.10. The molecule has 100 valence electrons. The molecule has 0 N–H and O–H groups in total. The van der Waals surface area contributed by atoms with Gasteiger partial charge >= 0.3 is 0 Å². The van der Waals surface area contributed by atoms with Crippen molar-refractivity contribution in [3.8, 4) is 0 Å². The Morgan fingerprint density at radius 3 is 2.58 bits per heavy atom. The number of pyridine rings is 1. The normalized spacial score (nSPS) is 12.7. The lowest BCUT2D eigenvalue weighted by Crippen LogP contribution is -2.21. The molecule has 0 saturated heterocycles. The Hall–Kier alpha value is -0.900. The van der Waals surface area contributed by atoms with Crippen molar-refractivity contribution >= 4 is 27.5 Å². The first-order valence-corrected chi connectivity index (χ1v) is 7.28. The molecular weight excluding hydrogens is 324 g/mol. The van der Waals surface area contributed by atoms with Crippen molar-refractivity contribution in [3.05, 3.63) is 63.3 Å². The van der Waals surface area contributed by atoms with Crippen LogP contribution in [-0.2, 0) is 6.54 Å². The largest absolute Gasteiger partial charge is 0.295 e. The highest BCUT2D eigenvalue weighted by Gasteiger charge is 2.12. The molecule has 0 saturated carbocycles. The van der Waals surface area contributed by atoms with Gasteiger partial charge in [0.2, 0.25) is 0 Å². The number of hydrogen-bond donors (Lipinski definition) is 0. The first kappa shape index (κ1) is 14.5. The molecule has 1 aromatic heterocycles. The molecule has 4 heteroatoms. The Morgan fingerprint density at radius 1 is 1.26 bits per heavy atom. The summed E-state index contributed by atoms with van der Waals surface area (Å²) in [4.78, 5) is 6.47. The van der Waals surface area contributed by atoms with Crippen LogP contribution in [0.1, 0.15) is 24.1 Å². The van der Waals surface area contributed by atoms with Crippen molar-refractivity contribution in [2.24, 2.45) is 0 Å². The molecule has 1 heterocycles. The van der Waals surface area contributed by atoms with Gasteiger partial charge in [0.05, 0.1) is 0 Å². The van der Waals surface area contributed by atoms with Crippen LogP contribution >= 0.6 is 27.5 Å². The van der Waals surface area contributed by atoms with Crippen LogP contribution in [-0.4, -0.2) is 16.9 Å². The Kier molecular flexibility index (Phi) is 4.97. The van der Waals surface area contributed by atoms with Gasteiger partial charge in [-0.25, -0.2) is 0 Å². The molecule has 0 bridgehead atoms. The van der Waals surface area contributed by atoms with Crippen LogP contribution in [0, 0.1) is 0 Å². The van der Waals surface area contributed by atoms with E-state index in [4.69, 9.17) is 11.6 Å². The quantitative estimate of drug-likeness (QED) is 0.803. The molecule has 1 aromatic carbocycles. The molecule has 0 radical (unpaired) electrons. The van der Waals surface area contributed by atoms with Gasteiger partial charge in [-0.05, 0) is 59.2 Å². The standard InChI is InChI=1S/C15H16BrClN2/c1-11(13-3-5-15(17)6-4-13)19(2)10-12-7-14(16)9-18-8-12/h3-9,11H,10H2,1-2H3. The van der Waals surface area contributed by atoms with E-state index in [1.807, 2.05) is 18.3 Å². The van der Waals surface area contributed by atoms with Crippen molar-refractivity contribution in [1.82, 2.24) is 9.88 Å². The molecule has 2 aromatic rings. The predicted octanol–water partition coefficient (Wildman–Crippen LogP) is 4.69. The number of rotatable bonds is 4. The summed E-state index contributed by atoms with van der Waals surface area (Å²) < 4.78 is 1.01. The van der Waals surface area contributed by atoms with E-state index in [2.05, 4.69) is 58.0 Å². The summed E-state index contributed by atoms with van der Waals surface area (Å²) in [5, 5.41) is 0.773. The number of halogens is 2. The second-order valence-corrected chi connectivity index (χ2v) is 6.01. The minimum absolute atomic E-state index is 0.330. The minimum atomic E-state index is 0.330. The Bertz CT molecular complexity index is 542. The van der Waals surface area contributed by atoms with E-state index < -0.39 is 0 Å². The van der Waals surface area contributed by atoms with Gasteiger partial charge in [0, 0.05) is 34.5 Å². The van der Waals surface area contributed by atoms with E-state index in [0.717, 1.165) is 16.0 Å². The van der Waals surface area contributed by atoms with Gasteiger partial charge in [0.1, 0.15) is 0 Å². The van der Waals surface area contributed by atoms with Gasteiger partial charge in [-0.15, -0.1) is 0 Å². The fourth-order valence-corrected chi connectivity index (χ4v) is 2.50. The topological polar surface area (TPSA) is 16.1 Å². The van der Waals surface area contributed by atoms with Crippen LogP contribution in [0.3, 0.4) is 0 Å². The van der Waals surface area contributed by atoms with Crippen LogP contribution in [0.4, 0.5) is 0 Å². The van der Waals surface area contributed by atoms with Crippen LogP contribution in [0.25, 0.3) is 0 Å². The van der Waals surface area contributed by atoms with E-state index in [1.54, 1.807) is 6.20 Å². The van der Waals surface area contributed by atoms with Crippen LogP contribution < -0.4 is 0 Å². The van der Waals surface area contributed by atoms with Gasteiger partial charge < -0.3 is 0 Å². The SMILES string of the molecule is CC(c1ccc(Cl)cc1)N(C)Cc1cncc(Br)c1. The molecular formula is C15H16BrClN2. The fourth-order valence-electron chi connectivity index (χ4n) is 1.96. The summed E-state index contributed by atoms with van der Waals surface area (Å²) in [5.41, 5.74) is 2.45. The second-order valence-electron chi connectivity index (χ2n) is 4.65. The van der Waals surface area contributed by atoms with E-state index in [9.17, 15) is 0 Å². The smallest absolute Gasteiger partial charge is 0.0410 e. The lowest BCUT2D eigenvalue weighted by molar-refractivity contribution is 0.253. The number of aromatic nitrogens is 1. The summed E-state index contributed by atoms with van der Waals surface area (Å²) in [7, 11) is 2.11. The number of hydrogen-bond acceptors (Lipinski definition) is 2. The maximum absolute atomic E-state index is 5.92. The third-order valence-corrected chi connectivity index (χ3v) is 3.89. The molecule has 19 heavy (non-hydrogen) atoms. The van der Waals surface area contributed by atoms with Gasteiger partial charge in [0.15, 0.2) is 0 Å². The third-order valence-electron chi connectivity index (χ3n) is 3.21. The van der Waals surface area contributed by atoms with Gasteiger partial charge in [-0.2, -0.15) is 0 Å². The Morgan fingerprint density at radius 2 is 1.95 bits per heavy atom. The summed E-state index contributed by atoms with van der Waals surface area (Å²) >= 11 is 9.36. The summed E-state index contributed by atoms with van der Waals surface area (Å²) in [6.45, 7) is 3.05. The van der Waals surface area contributed by atoms with Crippen molar-refractivity contribution in [1.29, 1.82) is 0 Å². The van der Waals surface area contributed by atoms with Gasteiger partial charge in [0.25, 0.3) is 0 Å². The van der Waals surface area contributed by atoms with Crippen molar-refractivity contribution in [2.75, 3.05) is 7.05 Å². The van der Waals surface area contributed by atoms with Crippen molar-refractivity contribution in [2.45, 2.75) is 19.5 Å². The fraction of sp³-hybridized carbons (Fsp3) is 0.267. The molecule has 0 spiro atoms. The molecule has 0 aliphatic heterocycles. The molecule has 0 aliphatic rings. The average Bonchev–Trinajstić information content (AvgIpc) is 2.39. The molecule has 0 amide bonds. The molecule has 0 aliphatic carbocycles. The Balaban J connectivity index is 2.07. The molecule has 1 unspecified atom stereocenters. The predicted molar refractivity (Wildman–Crippen MR) is 83.3 cm³/mol. The maximum atomic E-state index is 5.92. The van der Waals surface area contributed by atoms with Crippen molar-refractivity contribution in [3.63, 3.8) is 0 Å². The van der Waals surface area contributed by atoms with E-state index in [1.165, 1.54) is 11.1 Å². The first-order valence-electron chi connectivity index (χ1n) is 6.11. The van der Waals surface area contributed by atoms with E-state index in [-0.39, 0.29) is 0 Å². The van der Waals surface area contributed by atoms with Gasteiger partial charge in [-0.1, -0.05) is 23.7 Å². The summed E-state index contributed by atoms with van der Waals surface area (Å²) in [5.74, 6) is 0. The first-order chi connectivity index (χ1) is 9.06. The number of benzene rings is 1. The third kappa shape index (κ3) is 4.03. The van der Waals surface area contributed by atoms with Crippen LogP contribution in [0.5, 0.6) is 0 Å². The maximum Gasteiger partial charge on any atom is 0.0410 e. The van der Waals surface area contributed by atoms with E-state index in [0.29, 0.717) is 6.04 Å². The average molecular weight is 340 g/mol. The van der Waals surface area contributed by atoms with Crippen molar-refractivity contribution < 1.29 is 0 Å². The van der Waals surface area contributed by atoms with E-state index >= 15 is 0 Å². The van der Waals surface area contributed by atoms with Crippen LogP contribution in [0.2, 0.25) is 5.02 Å². The zero-order valence-electron chi connectivity index (χ0n) is 11.0. The molecule has 1 atom stereocenters. The summed E-state index contributed by atoms with van der Waals surface area (Å²) in [6.07, 6.45) is 3.70. The minimum Gasteiger partial charge on any atom is -0.295 e. The number of nitrogens with zero attached hydrogens (tertiary/aromatic N) is 2. The monoisotopic (exact) mass is 338 g/mol. The molecule has 2 nitrogen and oxygen atoms in total. The highest BCUT2D eigenvalue weighted by atomic mass is 79.9. The molecule has 0 fully saturated rings. The van der Waals surface area contributed by atoms with Gasteiger partial charge in [-0.3, -0.25) is 9.88 Å². The highest BCUT2D eigenvalue weighted by Crippen LogP contribution is 2.22. The Labute approximate surface area is 127 Å². The summed E-state index contributed by atoms with van der Waals surface area (Å²) in [6, 6.07) is 10.4. The zero-order chi connectivity index (χ0) is 13.8. The zero-order valence-corrected chi connectivity index (χ0v) is 13.3. The molecule has 2 rings (SSSR count). The lowest BCUT2D eigenvalue weighted by atomic mass is 10.1. The lowest BCUT2D eigenvalue weighted by Gasteiger charge is -2.25.